The van der Waals surface area contributed by atoms with Crippen LogP contribution in [0.25, 0.3) is 0 Å². The number of amides is 1. The molecular formula is C15H17ClN2OS. The third-order valence-corrected chi connectivity index (χ3v) is 5.16. The Morgan fingerprint density at radius 2 is 2.10 bits per heavy atom. The zero-order chi connectivity index (χ0) is 14.6. The molecule has 106 valence electrons. The van der Waals surface area contributed by atoms with Crippen LogP contribution in [-0.2, 0) is 4.79 Å². The van der Waals surface area contributed by atoms with Gasteiger partial charge in [-0.15, -0.1) is 11.8 Å². The van der Waals surface area contributed by atoms with Crippen LogP contribution in [0.5, 0.6) is 0 Å². The summed E-state index contributed by atoms with van der Waals surface area (Å²) in [6.45, 7) is 1.84. The number of nitrogens with zero attached hydrogens (tertiary/aromatic N) is 1. The van der Waals surface area contributed by atoms with Gasteiger partial charge in [0.2, 0.25) is 5.91 Å². The van der Waals surface area contributed by atoms with Gasteiger partial charge in [0, 0.05) is 4.90 Å². The summed E-state index contributed by atoms with van der Waals surface area (Å²) in [5, 5.41) is 12.6. The van der Waals surface area contributed by atoms with Crippen molar-refractivity contribution >= 4 is 29.3 Å². The zero-order valence-corrected chi connectivity index (χ0v) is 12.9. The standard InChI is InChI=1S/C15H17ClN2OS/c1-11(20-13-7-3-2-6-12(13)16)14(19)18-15(10-17)8-4-5-9-15/h2-3,6-7,11H,4-5,8-9H2,1H3,(H,18,19). The summed E-state index contributed by atoms with van der Waals surface area (Å²) in [4.78, 5) is 13.1. The highest BCUT2D eigenvalue weighted by Crippen LogP contribution is 2.32. The lowest BCUT2D eigenvalue weighted by molar-refractivity contribution is -0.121. The Labute approximate surface area is 128 Å². The van der Waals surface area contributed by atoms with Gasteiger partial charge in [0.1, 0.15) is 5.54 Å². The fraction of sp³-hybridized carbons (Fsp3) is 0.467. The van der Waals surface area contributed by atoms with Crippen LogP contribution in [0.3, 0.4) is 0 Å². The van der Waals surface area contributed by atoms with Crippen molar-refractivity contribution in [2.45, 2.75) is 48.3 Å². The summed E-state index contributed by atoms with van der Waals surface area (Å²) < 4.78 is 0. The predicted octanol–water partition coefficient (Wildman–Crippen LogP) is 3.77. The summed E-state index contributed by atoms with van der Waals surface area (Å²) in [6, 6.07) is 9.73. The SMILES string of the molecule is CC(Sc1ccccc1Cl)C(=O)NC1(C#N)CCCC1. The molecule has 1 saturated carbocycles. The molecule has 1 N–H and O–H groups in total. The van der Waals surface area contributed by atoms with E-state index in [4.69, 9.17) is 11.6 Å². The first-order valence-corrected chi connectivity index (χ1v) is 7.96. The first-order chi connectivity index (χ1) is 9.56. The molecular weight excluding hydrogens is 292 g/mol. The van der Waals surface area contributed by atoms with Crippen molar-refractivity contribution in [3.05, 3.63) is 29.3 Å². The molecule has 1 aromatic carbocycles. The lowest BCUT2D eigenvalue weighted by Gasteiger charge is -2.24. The molecule has 3 nitrogen and oxygen atoms in total. The third kappa shape index (κ3) is 3.47. The third-order valence-electron chi connectivity index (χ3n) is 3.54. The summed E-state index contributed by atoms with van der Waals surface area (Å²) >= 11 is 7.51. The lowest BCUT2D eigenvalue weighted by Crippen LogP contribution is -2.47. The van der Waals surface area contributed by atoms with Gasteiger partial charge in [0.15, 0.2) is 0 Å². The average molecular weight is 309 g/mol. The van der Waals surface area contributed by atoms with E-state index in [9.17, 15) is 10.1 Å². The minimum absolute atomic E-state index is 0.0987. The van der Waals surface area contributed by atoms with Gasteiger partial charge in [-0.3, -0.25) is 4.79 Å². The van der Waals surface area contributed by atoms with Crippen molar-refractivity contribution in [1.82, 2.24) is 5.32 Å². The van der Waals surface area contributed by atoms with Gasteiger partial charge >= 0.3 is 0 Å². The fourth-order valence-electron chi connectivity index (χ4n) is 2.37. The highest BCUT2D eigenvalue weighted by molar-refractivity contribution is 8.00. The molecule has 0 aromatic heterocycles. The second-order valence-electron chi connectivity index (χ2n) is 5.08. The number of hydrogen-bond donors (Lipinski definition) is 1. The molecule has 0 radical (unpaired) electrons. The summed E-state index contributed by atoms with van der Waals surface area (Å²) in [5.41, 5.74) is -0.660. The van der Waals surface area contributed by atoms with Crippen molar-refractivity contribution < 1.29 is 4.79 Å². The molecule has 5 heteroatoms. The molecule has 1 aliphatic carbocycles. The summed E-state index contributed by atoms with van der Waals surface area (Å²) in [5.74, 6) is -0.0987. The zero-order valence-electron chi connectivity index (χ0n) is 11.4. The average Bonchev–Trinajstić information content (AvgIpc) is 2.90. The van der Waals surface area contributed by atoms with Crippen molar-refractivity contribution in [1.29, 1.82) is 5.26 Å². The number of carbonyl (C=O) groups is 1. The Balaban J connectivity index is 1.99. The fourth-order valence-corrected chi connectivity index (χ4v) is 3.52. The van der Waals surface area contributed by atoms with Gasteiger partial charge in [-0.2, -0.15) is 5.26 Å². The van der Waals surface area contributed by atoms with E-state index in [1.54, 1.807) is 0 Å². The number of hydrogen-bond acceptors (Lipinski definition) is 3. The van der Waals surface area contributed by atoms with Crippen LogP contribution >= 0.6 is 23.4 Å². The van der Waals surface area contributed by atoms with E-state index >= 15 is 0 Å². The number of nitriles is 1. The van der Waals surface area contributed by atoms with Gasteiger partial charge in [0.05, 0.1) is 16.3 Å². The molecule has 1 aromatic rings. The monoisotopic (exact) mass is 308 g/mol. The van der Waals surface area contributed by atoms with Crippen LogP contribution in [0.4, 0.5) is 0 Å². The van der Waals surface area contributed by atoms with E-state index in [0.29, 0.717) is 5.02 Å². The van der Waals surface area contributed by atoms with E-state index in [1.807, 2.05) is 31.2 Å². The molecule has 2 rings (SSSR count). The van der Waals surface area contributed by atoms with Crippen molar-refractivity contribution in [2.24, 2.45) is 0 Å². The van der Waals surface area contributed by atoms with Gasteiger partial charge in [0.25, 0.3) is 0 Å². The van der Waals surface area contributed by atoms with Crippen LogP contribution in [-0.4, -0.2) is 16.7 Å². The minimum atomic E-state index is -0.660. The molecule has 0 saturated heterocycles. The van der Waals surface area contributed by atoms with Gasteiger partial charge in [-0.25, -0.2) is 0 Å². The number of carbonyl (C=O) groups excluding carboxylic acids is 1. The molecule has 1 fully saturated rings. The molecule has 1 unspecified atom stereocenters. The second-order valence-corrected chi connectivity index (χ2v) is 6.87. The lowest BCUT2D eigenvalue weighted by atomic mass is 10.00. The van der Waals surface area contributed by atoms with Gasteiger partial charge in [-0.1, -0.05) is 23.7 Å². The van der Waals surface area contributed by atoms with E-state index in [-0.39, 0.29) is 11.2 Å². The largest absolute Gasteiger partial charge is 0.337 e. The van der Waals surface area contributed by atoms with Gasteiger partial charge in [-0.05, 0) is 44.7 Å². The quantitative estimate of drug-likeness (QED) is 0.861. The number of rotatable bonds is 4. The van der Waals surface area contributed by atoms with Crippen LogP contribution in [0.1, 0.15) is 32.6 Å². The highest BCUT2D eigenvalue weighted by atomic mass is 35.5. The van der Waals surface area contributed by atoms with Crippen LogP contribution in [0.2, 0.25) is 5.02 Å². The number of benzene rings is 1. The van der Waals surface area contributed by atoms with E-state index in [1.165, 1.54) is 11.8 Å². The normalized spacial score (nSPS) is 18.2. The minimum Gasteiger partial charge on any atom is -0.337 e. The topological polar surface area (TPSA) is 52.9 Å². The molecule has 0 spiro atoms. The van der Waals surface area contributed by atoms with Crippen LogP contribution in [0.15, 0.2) is 29.2 Å². The van der Waals surface area contributed by atoms with Gasteiger partial charge < -0.3 is 5.32 Å². The number of nitrogens with one attached hydrogen (secondary N) is 1. The smallest absolute Gasteiger partial charge is 0.234 e. The molecule has 0 aliphatic heterocycles. The Bertz CT molecular complexity index is 535. The molecule has 20 heavy (non-hydrogen) atoms. The maximum Gasteiger partial charge on any atom is 0.234 e. The summed E-state index contributed by atoms with van der Waals surface area (Å²) in [7, 11) is 0. The van der Waals surface area contributed by atoms with E-state index < -0.39 is 5.54 Å². The number of thioether (sulfide) groups is 1. The molecule has 1 atom stereocenters. The van der Waals surface area contributed by atoms with E-state index in [0.717, 1.165) is 30.6 Å². The maximum absolute atomic E-state index is 12.3. The highest BCUT2D eigenvalue weighted by Gasteiger charge is 2.36. The second kappa shape index (κ2) is 6.51. The Kier molecular flexibility index (Phi) is 4.95. The molecule has 1 amide bonds. The maximum atomic E-state index is 12.3. The molecule has 0 heterocycles. The first-order valence-electron chi connectivity index (χ1n) is 6.71. The summed E-state index contributed by atoms with van der Waals surface area (Å²) in [6.07, 6.45) is 3.50. The van der Waals surface area contributed by atoms with Crippen LogP contribution < -0.4 is 5.32 Å². The Morgan fingerprint density at radius 1 is 1.45 bits per heavy atom. The van der Waals surface area contributed by atoms with Crippen molar-refractivity contribution in [3.8, 4) is 6.07 Å². The predicted molar refractivity (Wildman–Crippen MR) is 81.7 cm³/mol. The Morgan fingerprint density at radius 3 is 2.70 bits per heavy atom. The van der Waals surface area contributed by atoms with E-state index in [2.05, 4.69) is 11.4 Å². The van der Waals surface area contributed by atoms with Crippen LogP contribution in [0, 0.1) is 11.3 Å². The Hall–Kier alpha value is -1.18. The van der Waals surface area contributed by atoms with Crippen molar-refractivity contribution in [3.63, 3.8) is 0 Å². The molecule has 0 bridgehead atoms. The first kappa shape index (κ1) is 15.2. The van der Waals surface area contributed by atoms with Crippen molar-refractivity contribution in [2.75, 3.05) is 0 Å². The number of halogens is 1. The molecule has 1 aliphatic rings.